The normalized spacial score (nSPS) is 12.1. The van der Waals surface area contributed by atoms with Crippen LogP contribution in [0.2, 0.25) is 0 Å². The molecule has 14 heavy (non-hydrogen) atoms. The van der Waals surface area contributed by atoms with Crippen LogP contribution in [0.3, 0.4) is 0 Å². The van der Waals surface area contributed by atoms with Crippen molar-refractivity contribution in [3.63, 3.8) is 0 Å². The van der Waals surface area contributed by atoms with E-state index in [-0.39, 0.29) is 16.0 Å². The highest BCUT2D eigenvalue weighted by Crippen LogP contribution is 2.25. The molecule has 1 aromatic rings. The Balaban J connectivity index is 3.28. The molecular formula is C8H7ClF2O2S. The first kappa shape index (κ1) is 11.4. The Kier molecular flexibility index (Phi) is 3.11. The number of rotatable bonds is 2. The Labute approximate surface area is 84.9 Å². The number of benzene rings is 1. The van der Waals surface area contributed by atoms with Gasteiger partial charge in [-0.15, -0.1) is 0 Å². The molecule has 2 nitrogen and oxygen atoms in total. The molecule has 0 unspecified atom stereocenters. The Hall–Kier alpha value is -0.680. The summed E-state index contributed by atoms with van der Waals surface area (Å²) < 4.78 is 46.2. The van der Waals surface area contributed by atoms with Crippen LogP contribution in [0.5, 0.6) is 0 Å². The van der Waals surface area contributed by atoms with Crippen LogP contribution in [0.25, 0.3) is 0 Å². The number of halogens is 3. The van der Waals surface area contributed by atoms with Crippen molar-refractivity contribution in [3.05, 3.63) is 29.3 Å². The Morgan fingerprint density at radius 2 is 1.93 bits per heavy atom. The van der Waals surface area contributed by atoms with Crippen LogP contribution in [0, 0.1) is 6.92 Å². The van der Waals surface area contributed by atoms with Gasteiger partial charge in [0.05, 0.1) is 4.90 Å². The van der Waals surface area contributed by atoms with E-state index in [2.05, 4.69) is 0 Å². The third-order valence-electron chi connectivity index (χ3n) is 1.71. The zero-order valence-corrected chi connectivity index (χ0v) is 8.74. The summed E-state index contributed by atoms with van der Waals surface area (Å²) >= 11 is 0. The van der Waals surface area contributed by atoms with E-state index in [4.69, 9.17) is 10.7 Å². The quantitative estimate of drug-likeness (QED) is 0.745. The maximum atomic E-state index is 12.2. The van der Waals surface area contributed by atoms with Crippen LogP contribution >= 0.6 is 10.7 Å². The molecule has 6 heteroatoms. The largest absolute Gasteiger partial charge is 0.263 e. The third-order valence-corrected chi connectivity index (χ3v) is 3.20. The summed E-state index contributed by atoms with van der Waals surface area (Å²) in [5.41, 5.74) is 0.00404. The number of aryl methyl sites for hydroxylation is 1. The van der Waals surface area contributed by atoms with Gasteiger partial charge in [0.15, 0.2) is 0 Å². The molecule has 0 aliphatic rings. The summed E-state index contributed by atoms with van der Waals surface area (Å²) in [7, 11) is 1.23. The summed E-state index contributed by atoms with van der Waals surface area (Å²) in [5, 5.41) is 0. The van der Waals surface area contributed by atoms with Crippen LogP contribution in [-0.2, 0) is 9.05 Å². The average Bonchev–Trinajstić information content (AvgIpc) is 2.01. The molecule has 1 rings (SSSR count). The molecule has 0 radical (unpaired) electrons. The highest BCUT2D eigenvalue weighted by Gasteiger charge is 2.15. The molecule has 0 atom stereocenters. The van der Waals surface area contributed by atoms with Crippen molar-refractivity contribution in [2.45, 2.75) is 18.2 Å². The second kappa shape index (κ2) is 3.82. The molecule has 0 aromatic heterocycles. The fraction of sp³-hybridized carbons (Fsp3) is 0.250. The lowest BCUT2D eigenvalue weighted by atomic mass is 10.1. The summed E-state index contributed by atoms with van der Waals surface area (Å²) in [6.45, 7) is 1.42. The van der Waals surface area contributed by atoms with Crippen LogP contribution in [0.1, 0.15) is 17.6 Å². The van der Waals surface area contributed by atoms with Crippen molar-refractivity contribution < 1.29 is 17.2 Å². The summed E-state index contributed by atoms with van der Waals surface area (Å²) in [5.74, 6) is 0. The van der Waals surface area contributed by atoms with Crippen LogP contribution in [-0.4, -0.2) is 8.42 Å². The van der Waals surface area contributed by atoms with Gasteiger partial charge in [-0.3, -0.25) is 0 Å². The fourth-order valence-corrected chi connectivity index (χ4v) is 2.28. The highest BCUT2D eigenvalue weighted by molar-refractivity contribution is 8.13. The Morgan fingerprint density at radius 1 is 1.36 bits per heavy atom. The molecule has 1 aromatic carbocycles. The molecule has 0 aliphatic heterocycles. The van der Waals surface area contributed by atoms with E-state index in [0.29, 0.717) is 0 Å². The lowest BCUT2D eigenvalue weighted by molar-refractivity contribution is 0.151. The number of alkyl halides is 2. The molecule has 0 saturated carbocycles. The lowest BCUT2D eigenvalue weighted by Gasteiger charge is -2.04. The van der Waals surface area contributed by atoms with E-state index in [1.165, 1.54) is 6.92 Å². The zero-order chi connectivity index (χ0) is 10.9. The number of hydrogen-bond donors (Lipinski definition) is 0. The van der Waals surface area contributed by atoms with Crippen molar-refractivity contribution in [2.75, 3.05) is 0 Å². The van der Waals surface area contributed by atoms with Gasteiger partial charge in [0.25, 0.3) is 15.5 Å². The second-order valence-corrected chi connectivity index (χ2v) is 5.30. The Bertz CT molecular complexity index is 443. The minimum Gasteiger partial charge on any atom is -0.207 e. The van der Waals surface area contributed by atoms with Crippen molar-refractivity contribution in [1.29, 1.82) is 0 Å². The van der Waals surface area contributed by atoms with Gasteiger partial charge in [0.2, 0.25) is 0 Å². The first-order valence-electron chi connectivity index (χ1n) is 3.65. The fourth-order valence-electron chi connectivity index (χ4n) is 1.08. The molecule has 0 heterocycles. The molecule has 0 saturated heterocycles. The standard InChI is InChI=1S/C8H7ClF2O2S/c1-5-4-6(8(10)11)2-3-7(5)14(9,12)13/h2-4,8H,1H3. The first-order chi connectivity index (χ1) is 6.32. The third kappa shape index (κ3) is 2.42. The van der Waals surface area contributed by atoms with E-state index in [1.54, 1.807) is 0 Å². The maximum absolute atomic E-state index is 12.2. The predicted octanol–water partition coefficient (Wildman–Crippen LogP) is 2.86. The average molecular weight is 241 g/mol. The summed E-state index contributed by atoms with van der Waals surface area (Å²) in [6.07, 6.45) is -2.61. The predicted molar refractivity (Wildman–Crippen MR) is 49.2 cm³/mol. The van der Waals surface area contributed by atoms with E-state index < -0.39 is 15.5 Å². The van der Waals surface area contributed by atoms with E-state index in [9.17, 15) is 17.2 Å². The molecule has 0 N–H and O–H groups in total. The SMILES string of the molecule is Cc1cc(C(F)F)ccc1S(=O)(=O)Cl. The van der Waals surface area contributed by atoms with Crippen molar-refractivity contribution in [3.8, 4) is 0 Å². The molecule has 78 valence electrons. The highest BCUT2D eigenvalue weighted by atomic mass is 35.7. The topological polar surface area (TPSA) is 34.1 Å². The van der Waals surface area contributed by atoms with Gasteiger partial charge in [-0.05, 0) is 24.6 Å². The van der Waals surface area contributed by atoms with Gasteiger partial charge >= 0.3 is 0 Å². The first-order valence-corrected chi connectivity index (χ1v) is 5.96. The lowest BCUT2D eigenvalue weighted by Crippen LogP contribution is -1.96. The maximum Gasteiger partial charge on any atom is 0.263 e. The van der Waals surface area contributed by atoms with Gasteiger partial charge in [-0.1, -0.05) is 6.07 Å². The second-order valence-electron chi connectivity index (χ2n) is 2.76. The molecule has 0 fully saturated rings. The van der Waals surface area contributed by atoms with E-state index >= 15 is 0 Å². The summed E-state index contributed by atoms with van der Waals surface area (Å²) in [4.78, 5) is -0.136. The molecule has 0 spiro atoms. The van der Waals surface area contributed by atoms with Crippen LogP contribution in [0.15, 0.2) is 23.1 Å². The van der Waals surface area contributed by atoms with Crippen LogP contribution in [0.4, 0.5) is 8.78 Å². The van der Waals surface area contributed by atoms with Crippen molar-refractivity contribution >= 4 is 19.7 Å². The number of hydrogen-bond acceptors (Lipinski definition) is 2. The van der Waals surface area contributed by atoms with Gasteiger partial charge in [0.1, 0.15) is 0 Å². The van der Waals surface area contributed by atoms with Gasteiger partial charge in [-0.2, -0.15) is 0 Å². The van der Waals surface area contributed by atoms with E-state index in [0.717, 1.165) is 18.2 Å². The van der Waals surface area contributed by atoms with E-state index in [1.807, 2.05) is 0 Å². The van der Waals surface area contributed by atoms with Crippen molar-refractivity contribution in [1.82, 2.24) is 0 Å². The van der Waals surface area contributed by atoms with Crippen LogP contribution < -0.4 is 0 Å². The molecular weight excluding hydrogens is 234 g/mol. The zero-order valence-electron chi connectivity index (χ0n) is 7.17. The van der Waals surface area contributed by atoms with Gasteiger partial charge in [0, 0.05) is 16.2 Å². The minimum atomic E-state index is -3.85. The molecule has 0 aliphatic carbocycles. The van der Waals surface area contributed by atoms with Gasteiger partial charge in [-0.25, -0.2) is 17.2 Å². The molecule has 0 bridgehead atoms. The molecule has 0 amide bonds. The Morgan fingerprint density at radius 3 is 2.29 bits per heavy atom. The monoisotopic (exact) mass is 240 g/mol. The minimum absolute atomic E-state index is 0.136. The van der Waals surface area contributed by atoms with Gasteiger partial charge < -0.3 is 0 Å². The smallest absolute Gasteiger partial charge is 0.207 e. The van der Waals surface area contributed by atoms with Crippen molar-refractivity contribution in [2.24, 2.45) is 0 Å². The summed E-state index contributed by atoms with van der Waals surface area (Å²) in [6, 6.07) is 3.24.